The van der Waals surface area contributed by atoms with Crippen LogP contribution in [-0.4, -0.2) is 32.8 Å². The normalized spacial score (nSPS) is 18.7. The standard InChI is InChI=1S/C14H19NO3/c1-11(16)15(2)13-3-5-14(6-4-13)18-10-12-7-8-17-9-12/h3-6,12H,7-10H2,1-2H3/t12-/m0/s1. The van der Waals surface area contributed by atoms with Crippen LogP contribution in [0.4, 0.5) is 5.69 Å². The van der Waals surface area contributed by atoms with Crippen molar-refractivity contribution < 1.29 is 14.3 Å². The zero-order chi connectivity index (χ0) is 13.0. The molecule has 0 saturated carbocycles. The number of ether oxygens (including phenoxy) is 2. The molecule has 98 valence electrons. The third kappa shape index (κ3) is 3.23. The smallest absolute Gasteiger partial charge is 0.223 e. The molecule has 0 aromatic heterocycles. The summed E-state index contributed by atoms with van der Waals surface area (Å²) in [5, 5.41) is 0. The summed E-state index contributed by atoms with van der Waals surface area (Å²) in [4.78, 5) is 12.8. The Labute approximate surface area is 107 Å². The van der Waals surface area contributed by atoms with Gasteiger partial charge in [0.05, 0.1) is 13.2 Å². The summed E-state index contributed by atoms with van der Waals surface area (Å²) in [7, 11) is 1.76. The fourth-order valence-electron chi connectivity index (χ4n) is 1.88. The minimum Gasteiger partial charge on any atom is -0.493 e. The van der Waals surface area contributed by atoms with Gasteiger partial charge in [0, 0.05) is 32.2 Å². The van der Waals surface area contributed by atoms with Crippen LogP contribution in [0.3, 0.4) is 0 Å². The van der Waals surface area contributed by atoms with E-state index in [9.17, 15) is 4.79 Å². The van der Waals surface area contributed by atoms with Gasteiger partial charge in [-0.15, -0.1) is 0 Å². The highest BCUT2D eigenvalue weighted by molar-refractivity contribution is 5.90. The van der Waals surface area contributed by atoms with Crippen LogP contribution in [-0.2, 0) is 9.53 Å². The van der Waals surface area contributed by atoms with Gasteiger partial charge in [-0.3, -0.25) is 4.79 Å². The van der Waals surface area contributed by atoms with Crippen LogP contribution >= 0.6 is 0 Å². The Morgan fingerprint density at radius 1 is 1.44 bits per heavy atom. The van der Waals surface area contributed by atoms with Crippen LogP contribution in [0.1, 0.15) is 13.3 Å². The Bertz CT molecular complexity index is 396. The second kappa shape index (κ2) is 5.87. The maximum absolute atomic E-state index is 11.2. The van der Waals surface area contributed by atoms with Crippen molar-refractivity contribution in [3.63, 3.8) is 0 Å². The number of hydrogen-bond donors (Lipinski definition) is 0. The summed E-state index contributed by atoms with van der Waals surface area (Å²) >= 11 is 0. The Morgan fingerprint density at radius 3 is 2.72 bits per heavy atom. The summed E-state index contributed by atoms with van der Waals surface area (Å²) in [5.41, 5.74) is 0.874. The minimum atomic E-state index is 0.0202. The van der Waals surface area contributed by atoms with E-state index in [4.69, 9.17) is 9.47 Å². The Morgan fingerprint density at radius 2 is 2.17 bits per heavy atom. The minimum absolute atomic E-state index is 0.0202. The fourth-order valence-corrected chi connectivity index (χ4v) is 1.88. The van der Waals surface area contributed by atoms with E-state index >= 15 is 0 Å². The molecule has 4 heteroatoms. The van der Waals surface area contributed by atoms with E-state index in [1.165, 1.54) is 0 Å². The summed E-state index contributed by atoms with van der Waals surface area (Å²) in [6.07, 6.45) is 1.07. The number of amides is 1. The van der Waals surface area contributed by atoms with Crippen molar-refractivity contribution >= 4 is 11.6 Å². The number of rotatable bonds is 4. The van der Waals surface area contributed by atoms with Gasteiger partial charge in [-0.1, -0.05) is 0 Å². The molecule has 1 atom stereocenters. The van der Waals surface area contributed by atoms with Gasteiger partial charge >= 0.3 is 0 Å². The largest absolute Gasteiger partial charge is 0.493 e. The lowest BCUT2D eigenvalue weighted by Crippen LogP contribution is -2.22. The number of benzene rings is 1. The molecule has 1 amide bonds. The van der Waals surface area contributed by atoms with Crippen molar-refractivity contribution in [3.8, 4) is 5.75 Å². The van der Waals surface area contributed by atoms with Gasteiger partial charge in [0.25, 0.3) is 0 Å². The first-order chi connectivity index (χ1) is 8.66. The van der Waals surface area contributed by atoms with Gasteiger partial charge in [0.2, 0.25) is 5.91 Å². The lowest BCUT2D eigenvalue weighted by Gasteiger charge is -2.16. The third-order valence-electron chi connectivity index (χ3n) is 3.21. The van der Waals surface area contributed by atoms with Crippen LogP contribution in [0, 0.1) is 5.92 Å². The first-order valence-electron chi connectivity index (χ1n) is 6.21. The molecule has 2 rings (SSSR count). The van der Waals surface area contributed by atoms with Gasteiger partial charge in [-0.25, -0.2) is 0 Å². The molecule has 0 bridgehead atoms. The highest BCUT2D eigenvalue weighted by atomic mass is 16.5. The molecule has 1 heterocycles. The van der Waals surface area contributed by atoms with Crippen molar-refractivity contribution in [3.05, 3.63) is 24.3 Å². The van der Waals surface area contributed by atoms with E-state index in [-0.39, 0.29) is 5.91 Å². The van der Waals surface area contributed by atoms with Gasteiger partial charge in [0.15, 0.2) is 0 Å². The number of carbonyl (C=O) groups is 1. The summed E-state index contributed by atoms with van der Waals surface area (Å²) in [6.45, 7) is 3.88. The lowest BCUT2D eigenvalue weighted by atomic mass is 10.1. The van der Waals surface area contributed by atoms with Crippen LogP contribution in [0.25, 0.3) is 0 Å². The molecule has 1 saturated heterocycles. The van der Waals surface area contributed by atoms with Crippen molar-refractivity contribution in [1.29, 1.82) is 0 Å². The average molecular weight is 249 g/mol. The highest BCUT2D eigenvalue weighted by Gasteiger charge is 2.16. The van der Waals surface area contributed by atoms with E-state index in [1.807, 2.05) is 24.3 Å². The zero-order valence-corrected chi connectivity index (χ0v) is 10.9. The maximum atomic E-state index is 11.2. The molecule has 1 aromatic rings. The Balaban J connectivity index is 1.88. The monoisotopic (exact) mass is 249 g/mol. The summed E-state index contributed by atoms with van der Waals surface area (Å²) in [6, 6.07) is 7.57. The van der Waals surface area contributed by atoms with Crippen molar-refractivity contribution in [2.75, 3.05) is 31.8 Å². The number of hydrogen-bond acceptors (Lipinski definition) is 3. The molecule has 0 radical (unpaired) electrons. The molecule has 1 fully saturated rings. The molecule has 1 aliphatic rings. The molecule has 0 spiro atoms. The van der Waals surface area contributed by atoms with Crippen LogP contribution in [0.15, 0.2) is 24.3 Å². The second-order valence-electron chi connectivity index (χ2n) is 4.61. The quantitative estimate of drug-likeness (QED) is 0.820. The van der Waals surface area contributed by atoms with Gasteiger partial charge in [0.1, 0.15) is 5.75 Å². The van der Waals surface area contributed by atoms with Crippen LogP contribution in [0.2, 0.25) is 0 Å². The molecule has 1 aliphatic heterocycles. The van der Waals surface area contributed by atoms with E-state index in [1.54, 1.807) is 18.9 Å². The molecule has 4 nitrogen and oxygen atoms in total. The first kappa shape index (κ1) is 12.9. The molecule has 18 heavy (non-hydrogen) atoms. The number of carbonyl (C=O) groups excluding carboxylic acids is 1. The van der Waals surface area contributed by atoms with Crippen LogP contribution in [0.5, 0.6) is 5.75 Å². The number of nitrogens with zero attached hydrogens (tertiary/aromatic N) is 1. The first-order valence-corrected chi connectivity index (χ1v) is 6.21. The van der Waals surface area contributed by atoms with Crippen molar-refractivity contribution in [2.45, 2.75) is 13.3 Å². The topological polar surface area (TPSA) is 38.8 Å². The fraction of sp³-hybridized carbons (Fsp3) is 0.500. The second-order valence-corrected chi connectivity index (χ2v) is 4.61. The SMILES string of the molecule is CC(=O)N(C)c1ccc(OC[C@H]2CCOC2)cc1. The Hall–Kier alpha value is -1.55. The summed E-state index contributed by atoms with van der Waals surface area (Å²) < 4.78 is 11.0. The average Bonchev–Trinajstić information content (AvgIpc) is 2.89. The Kier molecular flexibility index (Phi) is 4.20. The summed E-state index contributed by atoms with van der Waals surface area (Å²) in [5.74, 6) is 1.36. The van der Waals surface area contributed by atoms with E-state index in [0.717, 1.165) is 31.1 Å². The predicted molar refractivity (Wildman–Crippen MR) is 69.9 cm³/mol. The van der Waals surface area contributed by atoms with E-state index < -0.39 is 0 Å². The predicted octanol–water partition coefficient (Wildman–Crippen LogP) is 2.08. The highest BCUT2D eigenvalue weighted by Crippen LogP contribution is 2.20. The van der Waals surface area contributed by atoms with Crippen molar-refractivity contribution in [1.82, 2.24) is 0 Å². The zero-order valence-electron chi connectivity index (χ0n) is 10.9. The van der Waals surface area contributed by atoms with Crippen LogP contribution < -0.4 is 9.64 Å². The number of anilines is 1. The lowest BCUT2D eigenvalue weighted by molar-refractivity contribution is -0.116. The molecule has 0 unspecified atom stereocenters. The van der Waals surface area contributed by atoms with Gasteiger partial charge in [-0.05, 0) is 30.7 Å². The molecule has 1 aromatic carbocycles. The van der Waals surface area contributed by atoms with E-state index in [2.05, 4.69) is 0 Å². The molecule has 0 N–H and O–H groups in total. The van der Waals surface area contributed by atoms with E-state index in [0.29, 0.717) is 12.5 Å². The molecular formula is C14H19NO3. The third-order valence-corrected chi connectivity index (χ3v) is 3.21. The van der Waals surface area contributed by atoms with Gasteiger partial charge < -0.3 is 14.4 Å². The van der Waals surface area contributed by atoms with Crippen molar-refractivity contribution in [2.24, 2.45) is 5.92 Å². The van der Waals surface area contributed by atoms with Gasteiger partial charge in [-0.2, -0.15) is 0 Å². The maximum Gasteiger partial charge on any atom is 0.223 e. The molecular weight excluding hydrogens is 230 g/mol. The molecule has 0 aliphatic carbocycles.